The Hall–Kier alpha value is -3.02. The van der Waals surface area contributed by atoms with Crippen molar-refractivity contribution in [2.45, 2.75) is 27.2 Å². The average molecular weight is 335 g/mol. The molecular formula is C19H21N5O. The SMILES string of the molecule is Cc1ccc(CCNc2ccc(-c3nc(C)c(C)c(=O)[nH]3)cn2)cn1. The summed E-state index contributed by atoms with van der Waals surface area (Å²) >= 11 is 0. The molecule has 0 spiro atoms. The maximum Gasteiger partial charge on any atom is 0.254 e. The van der Waals surface area contributed by atoms with Gasteiger partial charge < -0.3 is 10.3 Å². The Morgan fingerprint density at radius 3 is 2.52 bits per heavy atom. The topological polar surface area (TPSA) is 83.6 Å². The van der Waals surface area contributed by atoms with E-state index in [1.54, 1.807) is 13.1 Å². The predicted octanol–water partition coefficient (Wildman–Crippen LogP) is 2.81. The number of hydrogen-bond donors (Lipinski definition) is 2. The minimum Gasteiger partial charge on any atom is -0.370 e. The Labute approximate surface area is 146 Å². The predicted molar refractivity (Wildman–Crippen MR) is 98.7 cm³/mol. The molecule has 6 heteroatoms. The molecule has 0 aromatic carbocycles. The number of H-pyrrole nitrogens is 1. The van der Waals surface area contributed by atoms with Crippen LogP contribution in [0, 0.1) is 20.8 Å². The fraction of sp³-hybridized carbons (Fsp3) is 0.263. The van der Waals surface area contributed by atoms with Crippen molar-refractivity contribution in [2.75, 3.05) is 11.9 Å². The molecule has 3 heterocycles. The molecule has 0 aliphatic heterocycles. The van der Waals surface area contributed by atoms with Crippen LogP contribution in [0.5, 0.6) is 0 Å². The van der Waals surface area contributed by atoms with Gasteiger partial charge in [0.05, 0.1) is 0 Å². The molecule has 3 aromatic rings. The van der Waals surface area contributed by atoms with Crippen molar-refractivity contribution in [2.24, 2.45) is 0 Å². The first-order valence-corrected chi connectivity index (χ1v) is 8.22. The first-order chi connectivity index (χ1) is 12.0. The van der Waals surface area contributed by atoms with Gasteiger partial charge in [-0.25, -0.2) is 9.97 Å². The molecule has 128 valence electrons. The number of nitrogens with zero attached hydrogens (tertiary/aromatic N) is 3. The molecule has 0 unspecified atom stereocenters. The first kappa shape index (κ1) is 16.8. The van der Waals surface area contributed by atoms with E-state index in [1.807, 2.05) is 38.2 Å². The highest BCUT2D eigenvalue weighted by Gasteiger charge is 2.06. The number of anilines is 1. The van der Waals surface area contributed by atoms with E-state index in [0.29, 0.717) is 11.4 Å². The summed E-state index contributed by atoms with van der Waals surface area (Å²) in [6.07, 6.45) is 4.49. The Balaban J connectivity index is 1.64. The first-order valence-electron chi connectivity index (χ1n) is 8.22. The van der Waals surface area contributed by atoms with Crippen molar-refractivity contribution in [1.29, 1.82) is 0 Å². The smallest absolute Gasteiger partial charge is 0.254 e. The number of pyridine rings is 2. The normalized spacial score (nSPS) is 10.7. The van der Waals surface area contributed by atoms with Gasteiger partial charge in [0, 0.05) is 41.5 Å². The van der Waals surface area contributed by atoms with Crippen LogP contribution in [0.25, 0.3) is 11.4 Å². The number of aryl methyl sites for hydroxylation is 2. The molecule has 0 atom stereocenters. The van der Waals surface area contributed by atoms with E-state index < -0.39 is 0 Å². The number of nitrogens with one attached hydrogen (secondary N) is 2. The second-order valence-electron chi connectivity index (χ2n) is 6.04. The van der Waals surface area contributed by atoms with Gasteiger partial charge in [-0.05, 0) is 51.0 Å². The van der Waals surface area contributed by atoms with Crippen LogP contribution in [0.3, 0.4) is 0 Å². The quantitative estimate of drug-likeness (QED) is 0.749. The van der Waals surface area contributed by atoms with Crippen LogP contribution in [0.1, 0.15) is 22.5 Å². The zero-order valence-corrected chi connectivity index (χ0v) is 14.6. The molecule has 0 amide bonds. The molecule has 0 bridgehead atoms. The minimum atomic E-state index is -0.114. The molecule has 3 rings (SSSR count). The zero-order valence-electron chi connectivity index (χ0n) is 14.6. The zero-order chi connectivity index (χ0) is 17.8. The summed E-state index contributed by atoms with van der Waals surface area (Å²) in [5.74, 6) is 1.33. The van der Waals surface area contributed by atoms with Crippen LogP contribution < -0.4 is 10.9 Å². The standard InChI is InChI=1S/C19H21N5O/c1-12-4-5-15(10-21-12)8-9-20-17-7-6-16(11-22-17)18-23-14(3)13(2)19(25)24-18/h4-7,10-11H,8-9H2,1-3H3,(H,20,22)(H,23,24,25). The largest absolute Gasteiger partial charge is 0.370 e. The number of hydrogen-bond acceptors (Lipinski definition) is 5. The van der Waals surface area contributed by atoms with E-state index in [1.165, 1.54) is 5.56 Å². The van der Waals surface area contributed by atoms with Gasteiger partial charge in [-0.15, -0.1) is 0 Å². The van der Waals surface area contributed by atoms with E-state index in [2.05, 4.69) is 31.3 Å². The fourth-order valence-corrected chi connectivity index (χ4v) is 2.40. The van der Waals surface area contributed by atoms with E-state index in [4.69, 9.17) is 0 Å². The lowest BCUT2D eigenvalue weighted by molar-refractivity contribution is 0.986. The second kappa shape index (κ2) is 7.25. The van der Waals surface area contributed by atoms with Gasteiger partial charge in [-0.1, -0.05) is 6.07 Å². The lowest BCUT2D eigenvalue weighted by Gasteiger charge is -2.07. The summed E-state index contributed by atoms with van der Waals surface area (Å²) in [6.45, 7) is 6.35. The summed E-state index contributed by atoms with van der Waals surface area (Å²) in [4.78, 5) is 27.8. The Morgan fingerprint density at radius 1 is 1.04 bits per heavy atom. The van der Waals surface area contributed by atoms with Gasteiger partial charge >= 0.3 is 0 Å². The molecule has 3 aromatic heterocycles. The highest BCUT2D eigenvalue weighted by molar-refractivity contribution is 5.56. The van der Waals surface area contributed by atoms with Crippen molar-refractivity contribution >= 4 is 5.82 Å². The van der Waals surface area contributed by atoms with Crippen LogP contribution in [0.4, 0.5) is 5.82 Å². The molecule has 0 aliphatic carbocycles. The summed E-state index contributed by atoms with van der Waals surface area (Å²) in [7, 11) is 0. The molecule has 0 aliphatic rings. The van der Waals surface area contributed by atoms with Crippen LogP contribution in [-0.4, -0.2) is 26.5 Å². The molecule has 0 saturated heterocycles. The summed E-state index contributed by atoms with van der Waals surface area (Å²) < 4.78 is 0. The minimum absolute atomic E-state index is 0.114. The van der Waals surface area contributed by atoms with E-state index >= 15 is 0 Å². The van der Waals surface area contributed by atoms with Crippen molar-refractivity contribution in [1.82, 2.24) is 19.9 Å². The van der Waals surface area contributed by atoms with Gasteiger partial charge in [-0.3, -0.25) is 9.78 Å². The molecule has 0 saturated carbocycles. The van der Waals surface area contributed by atoms with Crippen molar-refractivity contribution < 1.29 is 0 Å². The third kappa shape index (κ3) is 4.09. The fourth-order valence-electron chi connectivity index (χ4n) is 2.40. The Kier molecular flexibility index (Phi) is 4.88. The summed E-state index contributed by atoms with van der Waals surface area (Å²) in [5, 5.41) is 3.29. The van der Waals surface area contributed by atoms with Gasteiger partial charge in [0.1, 0.15) is 11.6 Å². The van der Waals surface area contributed by atoms with Gasteiger partial charge in [-0.2, -0.15) is 0 Å². The van der Waals surface area contributed by atoms with Gasteiger partial charge in [0.15, 0.2) is 0 Å². The Bertz CT molecular complexity index is 914. The van der Waals surface area contributed by atoms with Crippen LogP contribution >= 0.6 is 0 Å². The van der Waals surface area contributed by atoms with Crippen LogP contribution in [0.15, 0.2) is 41.5 Å². The number of rotatable bonds is 5. The maximum atomic E-state index is 11.9. The van der Waals surface area contributed by atoms with Crippen LogP contribution in [0.2, 0.25) is 0 Å². The second-order valence-corrected chi connectivity index (χ2v) is 6.04. The molecule has 2 N–H and O–H groups in total. The monoisotopic (exact) mass is 335 g/mol. The molecule has 0 fully saturated rings. The van der Waals surface area contributed by atoms with E-state index in [-0.39, 0.29) is 5.56 Å². The van der Waals surface area contributed by atoms with Crippen LogP contribution in [-0.2, 0) is 6.42 Å². The van der Waals surface area contributed by atoms with Gasteiger partial charge in [0.2, 0.25) is 0 Å². The highest BCUT2D eigenvalue weighted by atomic mass is 16.1. The van der Waals surface area contributed by atoms with Crippen molar-refractivity contribution in [3.05, 3.63) is 69.5 Å². The van der Waals surface area contributed by atoms with E-state index in [9.17, 15) is 4.79 Å². The molecular weight excluding hydrogens is 314 g/mol. The number of aromatic amines is 1. The Morgan fingerprint density at radius 2 is 1.88 bits per heavy atom. The third-order valence-corrected chi connectivity index (χ3v) is 4.12. The molecule has 25 heavy (non-hydrogen) atoms. The number of aromatic nitrogens is 4. The lowest BCUT2D eigenvalue weighted by atomic mass is 10.2. The molecule has 0 radical (unpaired) electrons. The summed E-state index contributed by atoms with van der Waals surface area (Å²) in [6, 6.07) is 7.88. The third-order valence-electron chi connectivity index (χ3n) is 4.12. The van der Waals surface area contributed by atoms with E-state index in [0.717, 1.165) is 35.7 Å². The van der Waals surface area contributed by atoms with Crippen molar-refractivity contribution in [3.8, 4) is 11.4 Å². The average Bonchev–Trinajstić information content (AvgIpc) is 2.61. The highest BCUT2D eigenvalue weighted by Crippen LogP contribution is 2.15. The van der Waals surface area contributed by atoms with Crippen molar-refractivity contribution in [3.63, 3.8) is 0 Å². The molecule has 6 nitrogen and oxygen atoms in total. The lowest BCUT2D eigenvalue weighted by Crippen LogP contribution is -2.14. The van der Waals surface area contributed by atoms with Gasteiger partial charge in [0.25, 0.3) is 5.56 Å². The maximum absolute atomic E-state index is 11.9. The summed E-state index contributed by atoms with van der Waals surface area (Å²) in [5.41, 5.74) is 4.25.